The Bertz CT molecular complexity index is 2330. The summed E-state index contributed by atoms with van der Waals surface area (Å²) in [6.45, 7) is 4.90. The van der Waals surface area contributed by atoms with Crippen molar-refractivity contribution in [2.45, 2.75) is 13.1 Å². The maximum Gasteiger partial charge on any atom is 0.207 e. The van der Waals surface area contributed by atoms with Crippen molar-refractivity contribution in [1.82, 2.24) is 29.2 Å². The predicted molar refractivity (Wildman–Crippen MR) is 179 cm³/mol. The van der Waals surface area contributed by atoms with Crippen LogP contribution in [0.2, 0.25) is 13.1 Å². The van der Waals surface area contributed by atoms with Gasteiger partial charge in [-0.25, -0.2) is 0 Å². The van der Waals surface area contributed by atoms with Gasteiger partial charge in [0.25, 0.3) is 0 Å². The Morgan fingerprint density at radius 2 is 0.955 bits per heavy atom. The third kappa shape index (κ3) is 3.42. The van der Waals surface area contributed by atoms with E-state index in [2.05, 4.69) is 128 Å². The number of hydrogen-bond acceptors (Lipinski definition) is 5. The molecule has 0 amide bonds. The molecular weight excluding hydrogens is 559 g/mol. The number of benzene rings is 5. The van der Waals surface area contributed by atoms with E-state index in [4.69, 9.17) is 10.2 Å². The van der Waals surface area contributed by atoms with Crippen LogP contribution in [0.3, 0.4) is 0 Å². The van der Waals surface area contributed by atoms with Gasteiger partial charge in [0.05, 0.1) is 11.0 Å². The third-order valence-electron chi connectivity index (χ3n) is 8.93. The first-order valence-corrected chi connectivity index (χ1v) is 17.8. The van der Waals surface area contributed by atoms with Crippen LogP contribution in [0, 0.1) is 0 Å². The van der Waals surface area contributed by atoms with E-state index in [1.54, 1.807) is 0 Å². The number of hydrogen-bond donors (Lipinski definition) is 0. The van der Waals surface area contributed by atoms with E-state index < -0.39 is 8.07 Å². The second-order valence-electron chi connectivity index (χ2n) is 11.8. The van der Waals surface area contributed by atoms with Gasteiger partial charge in [-0.05, 0) is 40.7 Å². The van der Waals surface area contributed by atoms with Crippen molar-refractivity contribution < 1.29 is 0 Å². The van der Waals surface area contributed by atoms with Crippen LogP contribution >= 0.6 is 0 Å². The maximum absolute atomic E-state index is 4.70. The van der Waals surface area contributed by atoms with Crippen LogP contribution in [0.1, 0.15) is 0 Å². The van der Waals surface area contributed by atoms with Crippen LogP contribution in [0.15, 0.2) is 127 Å². The van der Waals surface area contributed by atoms with Crippen LogP contribution in [0.4, 0.5) is 17.1 Å². The molecule has 210 valence electrons. The van der Waals surface area contributed by atoms with E-state index in [1.165, 1.54) is 21.7 Å². The fourth-order valence-corrected chi connectivity index (χ4v) is 9.82. The molecular formula is C36H27N7Si. The summed E-state index contributed by atoms with van der Waals surface area (Å²) >= 11 is 0. The molecule has 0 atom stereocenters. The first-order chi connectivity index (χ1) is 21.6. The summed E-state index contributed by atoms with van der Waals surface area (Å²) in [4.78, 5) is 2.41. The summed E-state index contributed by atoms with van der Waals surface area (Å²) in [6.07, 6.45) is 0. The first-order valence-electron chi connectivity index (χ1n) is 14.8. The summed E-state index contributed by atoms with van der Waals surface area (Å²) in [7, 11) is -1.91. The highest BCUT2D eigenvalue weighted by atomic mass is 28.3. The van der Waals surface area contributed by atoms with Crippen molar-refractivity contribution in [1.29, 1.82) is 0 Å². The zero-order valence-electron chi connectivity index (χ0n) is 24.3. The zero-order chi connectivity index (χ0) is 29.4. The minimum Gasteiger partial charge on any atom is -0.311 e. The Balaban J connectivity index is 1.39. The molecule has 8 heteroatoms. The van der Waals surface area contributed by atoms with Gasteiger partial charge in [-0.2, -0.15) is 0 Å². The van der Waals surface area contributed by atoms with Crippen molar-refractivity contribution in [2.24, 2.45) is 0 Å². The Morgan fingerprint density at radius 3 is 1.50 bits per heavy atom. The highest BCUT2D eigenvalue weighted by molar-refractivity contribution is 7.02. The lowest BCUT2D eigenvalue weighted by Crippen LogP contribution is -2.58. The van der Waals surface area contributed by atoms with Gasteiger partial charge in [0.2, 0.25) is 11.3 Å². The lowest BCUT2D eigenvalue weighted by Gasteiger charge is -2.41. The molecule has 4 heterocycles. The summed E-state index contributed by atoms with van der Waals surface area (Å²) < 4.78 is 4.24. The smallest absolute Gasteiger partial charge is 0.207 e. The average Bonchev–Trinajstić information content (AvgIpc) is 3.72. The highest BCUT2D eigenvalue weighted by Crippen LogP contribution is 2.40. The minimum absolute atomic E-state index is 0.663. The largest absolute Gasteiger partial charge is 0.311 e. The Hall–Kier alpha value is -5.60. The Morgan fingerprint density at radius 1 is 0.477 bits per heavy atom. The predicted octanol–water partition coefficient (Wildman–Crippen LogP) is 6.87. The number of aromatic nitrogens is 6. The second-order valence-corrected chi connectivity index (χ2v) is 16.1. The van der Waals surface area contributed by atoms with Gasteiger partial charge < -0.3 is 4.90 Å². The van der Waals surface area contributed by atoms with Gasteiger partial charge in [0, 0.05) is 28.2 Å². The molecule has 0 bridgehead atoms. The monoisotopic (exact) mass is 585 g/mol. The SMILES string of the molecule is C[Si]1(C)c2ccccc2N(c2ccc3c(c2)n2c(-c4ccccc4)nnc2c2nnc(-c4ccccc4)n32)c2ccccc21. The average molecular weight is 586 g/mol. The normalized spacial score (nSPS) is 13.8. The van der Waals surface area contributed by atoms with Crippen LogP contribution in [0.5, 0.6) is 0 Å². The topological polar surface area (TPSA) is 63.6 Å². The fourth-order valence-electron chi connectivity index (χ4n) is 6.83. The maximum atomic E-state index is 4.70. The number of para-hydroxylation sites is 2. The molecule has 3 aromatic heterocycles. The van der Waals surface area contributed by atoms with Gasteiger partial charge >= 0.3 is 0 Å². The zero-order valence-corrected chi connectivity index (χ0v) is 25.3. The van der Waals surface area contributed by atoms with E-state index >= 15 is 0 Å². The molecule has 1 aliphatic rings. The van der Waals surface area contributed by atoms with E-state index in [-0.39, 0.29) is 0 Å². The number of rotatable bonds is 3. The van der Waals surface area contributed by atoms with Crippen LogP contribution in [-0.2, 0) is 0 Å². The molecule has 5 aromatic carbocycles. The molecule has 8 aromatic rings. The van der Waals surface area contributed by atoms with Crippen molar-refractivity contribution in [2.75, 3.05) is 4.90 Å². The van der Waals surface area contributed by atoms with Gasteiger partial charge in [-0.1, -0.05) is 110 Å². The number of anilines is 3. The van der Waals surface area contributed by atoms with Gasteiger partial charge in [0.15, 0.2) is 11.6 Å². The second kappa shape index (κ2) is 9.20. The molecule has 0 radical (unpaired) electrons. The molecule has 1 aliphatic heterocycles. The standard InChI is InChI=1S/C36H27N7Si/c1-44(2)31-19-11-9-17-28(31)41(29-18-10-12-20-32(29)44)26-21-22-27-30(23-26)43-34(25-15-7-4-8-16-25)38-40-36(43)35-39-37-33(42(27)35)24-13-5-3-6-14-24/h3-23H,1-2H3. The van der Waals surface area contributed by atoms with Crippen LogP contribution in [-0.4, -0.2) is 37.3 Å². The van der Waals surface area contributed by atoms with E-state index in [1.807, 2.05) is 36.4 Å². The molecule has 0 saturated carbocycles. The number of fused-ring (bicyclic) bond motifs is 8. The molecule has 0 N–H and O–H groups in total. The van der Waals surface area contributed by atoms with Gasteiger partial charge in [0.1, 0.15) is 8.07 Å². The van der Waals surface area contributed by atoms with E-state index in [0.29, 0.717) is 11.3 Å². The molecule has 9 rings (SSSR count). The molecule has 44 heavy (non-hydrogen) atoms. The minimum atomic E-state index is -1.91. The van der Waals surface area contributed by atoms with Crippen molar-refractivity contribution >= 4 is 57.8 Å². The molecule has 0 unspecified atom stereocenters. The van der Waals surface area contributed by atoms with E-state index in [9.17, 15) is 0 Å². The Kier molecular flexibility index (Phi) is 5.21. The summed E-state index contributed by atoms with van der Waals surface area (Å²) in [5.41, 5.74) is 8.81. The summed E-state index contributed by atoms with van der Waals surface area (Å²) in [5, 5.41) is 21.6. The molecule has 7 nitrogen and oxygen atoms in total. The molecule has 0 spiro atoms. The molecule has 0 fully saturated rings. The molecule has 0 saturated heterocycles. The van der Waals surface area contributed by atoms with Crippen molar-refractivity contribution in [3.63, 3.8) is 0 Å². The van der Waals surface area contributed by atoms with Gasteiger partial charge in [-0.15, -0.1) is 20.4 Å². The lowest BCUT2D eigenvalue weighted by molar-refractivity contribution is 1.10. The van der Waals surface area contributed by atoms with Crippen LogP contribution < -0.4 is 15.3 Å². The van der Waals surface area contributed by atoms with Crippen molar-refractivity contribution in [3.05, 3.63) is 127 Å². The van der Waals surface area contributed by atoms with E-state index in [0.717, 1.165) is 39.5 Å². The number of nitrogens with zero attached hydrogens (tertiary/aromatic N) is 7. The van der Waals surface area contributed by atoms with Crippen LogP contribution in [0.25, 0.3) is 45.1 Å². The fraction of sp³-hybridized carbons (Fsp3) is 0.0556. The summed E-state index contributed by atoms with van der Waals surface area (Å²) in [6, 6.07) is 44.8. The van der Waals surface area contributed by atoms with Gasteiger partial charge in [-0.3, -0.25) is 8.80 Å². The Labute approximate surface area is 254 Å². The first kappa shape index (κ1) is 24.9. The quantitative estimate of drug-likeness (QED) is 0.212. The lowest BCUT2D eigenvalue weighted by atomic mass is 10.1. The molecule has 0 aliphatic carbocycles. The summed E-state index contributed by atoms with van der Waals surface area (Å²) in [5.74, 6) is 1.54. The highest BCUT2D eigenvalue weighted by Gasteiger charge is 2.38. The third-order valence-corrected chi connectivity index (χ3v) is 12.5. The van der Waals surface area contributed by atoms with Crippen molar-refractivity contribution in [3.8, 4) is 22.8 Å².